The first-order valence-electron chi connectivity index (χ1n) is 12.1. The van der Waals surface area contributed by atoms with Crippen LogP contribution in [0, 0.1) is 23.2 Å². The predicted octanol–water partition coefficient (Wildman–Crippen LogP) is 7.79. The van der Waals surface area contributed by atoms with E-state index in [1.807, 2.05) is 6.08 Å². The van der Waals surface area contributed by atoms with Gasteiger partial charge in [-0.2, -0.15) is 22.8 Å². The Bertz CT molecular complexity index is 898. The molecule has 3 nitrogen and oxygen atoms in total. The van der Waals surface area contributed by atoms with E-state index in [4.69, 9.17) is 10.00 Å². The average molecular weight is 478 g/mol. The summed E-state index contributed by atoms with van der Waals surface area (Å²) in [6.45, 7) is 0. The van der Waals surface area contributed by atoms with E-state index >= 15 is 0 Å². The molecule has 184 valence electrons. The van der Waals surface area contributed by atoms with Crippen LogP contribution < -0.4 is 0 Å². The number of carbonyl (C=O) groups excluding carboxylic acids is 1. The van der Waals surface area contributed by atoms with Crippen LogP contribution in [0.5, 0.6) is 0 Å². The van der Waals surface area contributed by atoms with Crippen LogP contribution in [-0.2, 0) is 15.7 Å². The van der Waals surface area contributed by atoms with E-state index in [2.05, 4.69) is 0 Å². The Hall–Kier alpha value is -2.62. The second-order valence-electron chi connectivity index (χ2n) is 9.38. The smallest absolute Gasteiger partial charge is 0.416 e. The van der Waals surface area contributed by atoms with Crippen molar-refractivity contribution in [3.8, 4) is 6.07 Å². The molecule has 0 spiro atoms. The van der Waals surface area contributed by atoms with Crippen LogP contribution in [0.4, 0.5) is 17.6 Å². The molecule has 0 radical (unpaired) electrons. The van der Waals surface area contributed by atoms with Crippen LogP contribution in [-0.4, -0.2) is 12.1 Å². The van der Waals surface area contributed by atoms with E-state index < -0.39 is 17.6 Å². The molecule has 2 fully saturated rings. The molecule has 0 unspecified atom stereocenters. The number of nitrogens with zero attached hydrogens (tertiary/aromatic N) is 1. The monoisotopic (exact) mass is 477 g/mol. The van der Waals surface area contributed by atoms with Crippen molar-refractivity contribution < 1.29 is 27.1 Å². The third kappa shape index (κ3) is 7.72. The molecule has 0 atom stereocenters. The minimum Gasteiger partial charge on any atom is -0.462 e. The number of halogens is 4. The van der Waals surface area contributed by atoms with Crippen molar-refractivity contribution in [1.29, 1.82) is 5.26 Å². The zero-order valence-electron chi connectivity index (χ0n) is 19.2. The Balaban J connectivity index is 1.35. The zero-order chi connectivity index (χ0) is 24.6. The Labute approximate surface area is 198 Å². The highest BCUT2D eigenvalue weighted by atomic mass is 19.4. The standard InChI is InChI=1S/C27H31F4NO2/c28-24(18-32)5-3-1-2-4-19-6-8-22(9-7-19)26(33)34-25-16-12-21(13-17-25)20-10-14-23(15-11-20)27(29,30)31/h1,3,5,10-11,14-15,19,21-22,25H,2,4,6-9,12-13,16-17H2/t19-,21-,22-,25-. The highest BCUT2D eigenvalue weighted by Gasteiger charge is 2.32. The molecule has 0 N–H and O–H groups in total. The second kappa shape index (κ2) is 12.2. The second-order valence-corrected chi connectivity index (χ2v) is 9.38. The van der Waals surface area contributed by atoms with Crippen LogP contribution in [0.15, 0.2) is 48.3 Å². The Morgan fingerprint density at radius 3 is 2.26 bits per heavy atom. The lowest BCUT2D eigenvalue weighted by atomic mass is 9.79. The minimum atomic E-state index is -4.32. The summed E-state index contributed by atoms with van der Waals surface area (Å²) in [4.78, 5) is 12.6. The topological polar surface area (TPSA) is 50.1 Å². The molecule has 2 aliphatic carbocycles. The molecular formula is C27H31F4NO2. The van der Waals surface area contributed by atoms with Crippen LogP contribution in [0.1, 0.15) is 81.3 Å². The number of allylic oxidation sites excluding steroid dienone is 4. The quantitative estimate of drug-likeness (QED) is 0.174. The fourth-order valence-corrected chi connectivity index (χ4v) is 5.02. The van der Waals surface area contributed by atoms with Gasteiger partial charge in [-0.05, 0) is 99.8 Å². The van der Waals surface area contributed by atoms with E-state index in [-0.39, 0.29) is 23.9 Å². The lowest BCUT2D eigenvalue weighted by molar-refractivity contribution is -0.157. The van der Waals surface area contributed by atoms with E-state index in [1.54, 1.807) is 18.2 Å². The Morgan fingerprint density at radius 1 is 1.03 bits per heavy atom. The predicted molar refractivity (Wildman–Crippen MR) is 121 cm³/mol. The van der Waals surface area contributed by atoms with Crippen molar-refractivity contribution in [2.75, 3.05) is 0 Å². The molecular weight excluding hydrogens is 446 g/mol. The molecule has 0 heterocycles. The number of rotatable bonds is 7. The summed E-state index contributed by atoms with van der Waals surface area (Å²) in [7, 11) is 0. The van der Waals surface area contributed by atoms with Crippen molar-refractivity contribution in [1.82, 2.24) is 0 Å². The number of carbonyl (C=O) groups is 1. The summed E-state index contributed by atoms with van der Waals surface area (Å²) in [5.74, 6) is -0.241. The van der Waals surface area contributed by atoms with E-state index in [0.717, 1.165) is 88.0 Å². The van der Waals surface area contributed by atoms with Gasteiger partial charge in [0.05, 0.1) is 11.5 Å². The number of hydrogen-bond acceptors (Lipinski definition) is 3. The summed E-state index contributed by atoms with van der Waals surface area (Å²) in [6, 6.07) is 6.84. The number of esters is 1. The van der Waals surface area contributed by atoms with Gasteiger partial charge >= 0.3 is 12.1 Å². The van der Waals surface area contributed by atoms with Gasteiger partial charge < -0.3 is 4.74 Å². The first kappa shape index (κ1) is 26.0. The van der Waals surface area contributed by atoms with Gasteiger partial charge in [0, 0.05) is 0 Å². The van der Waals surface area contributed by atoms with Gasteiger partial charge in [-0.3, -0.25) is 4.79 Å². The van der Waals surface area contributed by atoms with Crippen molar-refractivity contribution >= 4 is 5.97 Å². The van der Waals surface area contributed by atoms with Crippen LogP contribution in [0.2, 0.25) is 0 Å². The van der Waals surface area contributed by atoms with Gasteiger partial charge in [0.15, 0.2) is 5.83 Å². The van der Waals surface area contributed by atoms with E-state index in [9.17, 15) is 22.4 Å². The number of benzene rings is 1. The molecule has 1 aromatic rings. The number of ether oxygens (including phenoxy) is 1. The SMILES string of the molecule is N#CC(F)=CC=CCC[C@H]1CC[C@H](C(=O)O[C@H]2CC[C@H](c3ccc(C(F)(F)F)cc3)CC2)CC1. The summed E-state index contributed by atoms with van der Waals surface area (Å²) in [5.41, 5.74) is 0.283. The maximum Gasteiger partial charge on any atom is 0.416 e. The largest absolute Gasteiger partial charge is 0.462 e. The fourth-order valence-electron chi connectivity index (χ4n) is 5.02. The highest BCUT2D eigenvalue weighted by Crippen LogP contribution is 2.37. The summed E-state index contributed by atoms with van der Waals surface area (Å²) < 4.78 is 56.8. The van der Waals surface area contributed by atoms with Gasteiger partial charge in [-0.1, -0.05) is 24.3 Å². The molecule has 2 aliphatic rings. The van der Waals surface area contributed by atoms with E-state index in [0.29, 0.717) is 5.92 Å². The van der Waals surface area contributed by atoms with Crippen LogP contribution >= 0.6 is 0 Å². The third-order valence-corrected chi connectivity index (χ3v) is 7.07. The molecule has 2 saturated carbocycles. The maximum absolute atomic E-state index is 12.8. The van der Waals surface area contributed by atoms with Crippen LogP contribution in [0.25, 0.3) is 0 Å². The molecule has 0 aliphatic heterocycles. The molecule has 0 aromatic heterocycles. The molecule has 0 bridgehead atoms. The zero-order valence-corrected chi connectivity index (χ0v) is 19.2. The molecule has 7 heteroatoms. The van der Waals surface area contributed by atoms with Gasteiger partial charge in [-0.15, -0.1) is 0 Å². The maximum atomic E-state index is 12.8. The first-order chi connectivity index (χ1) is 16.3. The van der Waals surface area contributed by atoms with Crippen molar-refractivity contribution in [3.63, 3.8) is 0 Å². The number of nitriles is 1. The normalized spacial score (nSPS) is 26.3. The summed E-state index contributed by atoms with van der Waals surface area (Å²) in [5, 5.41) is 8.36. The highest BCUT2D eigenvalue weighted by molar-refractivity contribution is 5.72. The summed E-state index contributed by atoms with van der Waals surface area (Å²) >= 11 is 0. The molecule has 3 rings (SSSR count). The molecule has 0 saturated heterocycles. The van der Waals surface area contributed by atoms with Gasteiger partial charge in [0.1, 0.15) is 12.2 Å². The molecule has 0 amide bonds. The number of alkyl halides is 3. The van der Waals surface area contributed by atoms with Crippen LogP contribution in [0.3, 0.4) is 0 Å². The van der Waals surface area contributed by atoms with Gasteiger partial charge in [-0.25, -0.2) is 0 Å². The van der Waals surface area contributed by atoms with Gasteiger partial charge in [0.25, 0.3) is 0 Å². The fraction of sp³-hybridized carbons (Fsp3) is 0.556. The Morgan fingerprint density at radius 2 is 1.68 bits per heavy atom. The van der Waals surface area contributed by atoms with Crippen molar-refractivity contribution in [3.05, 3.63) is 59.4 Å². The van der Waals surface area contributed by atoms with Crippen molar-refractivity contribution in [2.45, 2.75) is 82.4 Å². The first-order valence-corrected chi connectivity index (χ1v) is 12.1. The molecule has 34 heavy (non-hydrogen) atoms. The number of hydrogen-bond donors (Lipinski definition) is 0. The Kier molecular flexibility index (Phi) is 9.32. The average Bonchev–Trinajstić information content (AvgIpc) is 2.84. The minimum absolute atomic E-state index is 0.0629. The molecule has 1 aromatic carbocycles. The van der Waals surface area contributed by atoms with Gasteiger partial charge in [0.2, 0.25) is 0 Å². The van der Waals surface area contributed by atoms with E-state index in [1.165, 1.54) is 6.07 Å². The lowest BCUT2D eigenvalue weighted by Gasteiger charge is -2.31. The third-order valence-electron chi connectivity index (χ3n) is 7.07. The van der Waals surface area contributed by atoms with Crippen molar-refractivity contribution in [2.24, 2.45) is 11.8 Å². The summed E-state index contributed by atoms with van der Waals surface area (Å²) in [6.07, 6.45) is 8.59. The lowest BCUT2D eigenvalue weighted by Crippen LogP contribution is -2.29.